The highest BCUT2D eigenvalue weighted by atomic mass is 79.9. The predicted octanol–water partition coefficient (Wildman–Crippen LogP) is 5.05. The van der Waals surface area contributed by atoms with Crippen molar-refractivity contribution < 1.29 is 0 Å². The number of anilines is 2. The van der Waals surface area contributed by atoms with E-state index in [1.54, 1.807) is 0 Å². The first-order valence-electron chi connectivity index (χ1n) is 4.24. The molecule has 0 heterocycles. The van der Waals surface area contributed by atoms with Crippen molar-refractivity contribution in [2.75, 3.05) is 11.5 Å². The summed E-state index contributed by atoms with van der Waals surface area (Å²) in [6.07, 6.45) is 0. The predicted molar refractivity (Wildman–Crippen MR) is 83.6 cm³/mol. The molecular weight excluding hydrogens is 468 g/mol. The molecule has 2 aromatic rings. The number of nitrogen functional groups attached to an aromatic ring is 2. The van der Waals surface area contributed by atoms with Crippen LogP contribution in [0.5, 0.6) is 0 Å². The summed E-state index contributed by atoms with van der Waals surface area (Å²) in [6.45, 7) is 0. The topological polar surface area (TPSA) is 52.0 Å². The van der Waals surface area contributed by atoms with Crippen LogP contribution in [0.1, 0.15) is 0 Å². The fourth-order valence-corrected chi connectivity index (χ4v) is 3.66. The lowest BCUT2D eigenvalue weighted by Gasteiger charge is -2.13. The number of hydrogen-bond donors (Lipinski definition) is 2. The lowest BCUT2D eigenvalue weighted by molar-refractivity contribution is 1.59. The Morgan fingerprint density at radius 2 is 1.38 bits per heavy atom. The molecule has 0 bridgehead atoms. The molecule has 0 spiro atoms. The smallest absolute Gasteiger partial charge is 0.0710 e. The van der Waals surface area contributed by atoms with E-state index >= 15 is 0 Å². The second kappa shape index (κ2) is 4.48. The van der Waals surface area contributed by atoms with Crippen LogP contribution in [0.15, 0.2) is 30.0 Å². The van der Waals surface area contributed by atoms with E-state index in [0.29, 0.717) is 11.4 Å². The quantitative estimate of drug-likeness (QED) is 0.526. The van der Waals surface area contributed by atoms with Gasteiger partial charge in [0, 0.05) is 24.2 Å². The van der Waals surface area contributed by atoms with Crippen LogP contribution >= 0.6 is 63.7 Å². The Bertz CT molecular complexity index is 595. The van der Waals surface area contributed by atoms with Gasteiger partial charge in [-0.1, -0.05) is 6.07 Å². The standard InChI is InChI=1S/C10H6Br4N2/c11-4-2-1-3-5(6(4)12)7(13)8(14)10(16)9(3)15/h1-2H,15-16H2. The van der Waals surface area contributed by atoms with Gasteiger partial charge >= 0.3 is 0 Å². The molecule has 0 fully saturated rings. The Balaban J connectivity index is 3.09. The normalized spacial score (nSPS) is 11.0. The highest BCUT2D eigenvalue weighted by Crippen LogP contribution is 2.45. The Labute approximate surface area is 126 Å². The number of rotatable bonds is 0. The van der Waals surface area contributed by atoms with E-state index in [1.165, 1.54) is 0 Å². The first-order valence-corrected chi connectivity index (χ1v) is 7.42. The van der Waals surface area contributed by atoms with Gasteiger partial charge in [-0.2, -0.15) is 0 Å². The van der Waals surface area contributed by atoms with E-state index in [2.05, 4.69) is 63.7 Å². The van der Waals surface area contributed by atoms with Gasteiger partial charge in [0.05, 0.1) is 15.8 Å². The summed E-state index contributed by atoms with van der Waals surface area (Å²) in [5.74, 6) is 0. The zero-order valence-electron chi connectivity index (χ0n) is 7.82. The minimum atomic E-state index is 0.550. The molecule has 6 heteroatoms. The maximum Gasteiger partial charge on any atom is 0.0710 e. The average Bonchev–Trinajstić information content (AvgIpc) is 2.27. The first kappa shape index (κ1) is 12.7. The van der Waals surface area contributed by atoms with Crippen molar-refractivity contribution in [2.24, 2.45) is 0 Å². The van der Waals surface area contributed by atoms with Crippen LogP contribution in [0.25, 0.3) is 10.8 Å². The third-order valence-corrected chi connectivity index (χ3v) is 6.49. The summed E-state index contributed by atoms with van der Waals surface area (Å²) in [6, 6.07) is 3.87. The zero-order valence-corrected chi connectivity index (χ0v) is 14.2. The maximum atomic E-state index is 5.99. The van der Waals surface area contributed by atoms with Gasteiger partial charge in [-0.25, -0.2) is 0 Å². The van der Waals surface area contributed by atoms with Crippen LogP contribution in [0.3, 0.4) is 0 Å². The molecule has 2 nitrogen and oxygen atoms in total. The van der Waals surface area contributed by atoms with Gasteiger partial charge in [0.1, 0.15) is 0 Å². The van der Waals surface area contributed by atoms with Gasteiger partial charge in [0.25, 0.3) is 0 Å². The Kier molecular flexibility index (Phi) is 3.55. The van der Waals surface area contributed by atoms with Crippen molar-refractivity contribution in [1.29, 1.82) is 0 Å². The van der Waals surface area contributed by atoms with Gasteiger partial charge in [0.15, 0.2) is 0 Å². The van der Waals surface area contributed by atoms with E-state index < -0.39 is 0 Å². The third-order valence-electron chi connectivity index (χ3n) is 2.32. The second-order valence-corrected chi connectivity index (χ2v) is 6.47. The molecule has 0 unspecified atom stereocenters. The zero-order chi connectivity index (χ0) is 12.0. The van der Waals surface area contributed by atoms with E-state index in [4.69, 9.17) is 11.5 Å². The van der Waals surface area contributed by atoms with Crippen LogP contribution in [-0.2, 0) is 0 Å². The van der Waals surface area contributed by atoms with Crippen LogP contribution in [0.2, 0.25) is 0 Å². The van der Waals surface area contributed by atoms with Crippen molar-refractivity contribution in [2.45, 2.75) is 0 Å². The minimum Gasteiger partial charge on any atom is -0.397 e. The molecule has 0 radical (unpaired) electrons. The van der Waals surface area contributed by atoms with Crippen LogP contribution in [0.4, 0.5) is 11.4 Å². The molecule has 84 valence electrons. The fourth-order valence-electron chi connectivity index (χ4n) is 1.48. The monoisotopic (exact) mass is 470 g/mol. The third kappa shape index (κ3) is 1.79. The SMILES string of the molecule is Nc1c(Br)c(Br)c2c(Br)c(Br)ccc2c1N. The number of fused-ring (bicyclic) bond motifs is 1. The van der Waals surface area contributed by atoms with E-state index in [-0.39, 0.29) is 0 Å². The van der Waals surface area contributed by atoms with Crippen molar-refractivity contribution in [3.05, 3.63) is 30.0 Å². The van der Waals surface area contributed by atoms with E-state index in [9.17, 15) is 0 Å². The molecule has 2 aromatic carbocycles. The largest absolute Gasteiger partial charge is 0.397 e. The molecule has 0 aliphatic carbocycles. The van der Waals surface area contributed by atoms with Crippen LogP contribution in [0, 0.1) is 0 Å². The van der Waals surface area contributed by atoms with Gasteiger partial charge in [0.2, 0.25) is 0 Å². The van der Waals surface area contributed by atoms with Gasteiger partial charge in [-0.15, -0.1) is 0 Å². The molecule has 2 rings (SSSR count). The number of nitrogens with two attached hydrogens (primary N) is 2. The molecule has 0 saturated heterocycles. The number of hydrogen-bond acceptors (Lipinski definition) is 2. The van der Waals surface area contributed by atoms with Gasteiger partial charge in [-0.3, -0.25) is 0 Å². The average molecular weight is 474 g/mol. The summed E-state index contributed by atoms with van der Waals surface area (Å²) < 4.78 is 3.58. The number of benzene rings is 2. The highest BCUT2D eigenvalue weighted by Gasteiger charge is 2.15. The van der Waals surface area contributed by atoms with E-state index in [1.807, 2.05) is 12.1 Å². The lowest BCUT2D eigenvalue weighted by Crippen LogP contribution is -1.98. The molecule has 0 aliphatic rings. The van der Waals surface area contributed by atoms with Crippen LogP contribution < -0.4 is 11.5 Å². The second-order valence-electron chi connectivity index (χ2n) is 3.24. The Hall–Kier alpha value is 0.220. The van der Waals surface area contributed by atoms with Crippen molar-refractivity contribution >= 4 is 85.9 Å². The molecular formula is C10H6Br4N2. The summed E-state index contributed by atoms with van der Waals surface area (Å²) >= 11 is 13.9. The Morgan fingerprint density at radius 1 is 0.750 bits per heavy atom. The number of halogens is 4. The summed E-state index contributed by atoms with van der Waals surface area (Å²) in [5, 5.41) is 1.91. The molecule has 0 saturated carbocycles. The maximum absolute atomic E-state index is 5.99. The van der Waals surface area contributed by atoms with Gasteiger partial charge in [-0.05, 0) is 69.8 Å². The molecule has 16 heavy (non-hydrogen) atoms. The fraction of sp³-hybridized carbons (Fsp3) is 0. The van der Waals surface area contributed by atoms with Crippen molar-refractivity contribution in [3.63, 3.8) is 0 Å². The van der Waals surface area contributed by atoms with Crippen molar-refractivity contribution in [3.8, 4) is 0 Å². The van der Waals surface area contributed by atoms with Crippen molar-refractivity contribution in [1.82, 2.24) is 0 Å². The Morgan fingerprint density at radius 3 is 2.00 bits per heavy atom. The lowest BCUT2D eigenvalue weighted by atomic mass is 10.1. The highest BCUT2D eigenvalue weighted by molar-refractivity contribution is 9.13. The molecule has 4 N–H and O–H groups in total. The summed E-state index contributed by atoms with van der Waals surface area (Å²) in [7, 11) is 0. The molecule has 0 atom stereocenters. The molecule has 0 amide bonds. The van der Waals surface area contributed by atoms with Crippen LogP contribution in [-0.4, -0.2) is 0 Å². The molecule has 0 aliphatic heterocycles. The minimum absolute atomic E-state index is 0.550. The van der Waals surface area contributed by atoms with E-state index in [0.717, 1.165) is 28.7 Å². The molecule has 0 aromatic heterocycles. The summed E-state index contributed by atoms with van der Waals surface area (Å²) in [4.78, 5) is 0. The van der Waals surface area contributed by atoms with Gasteiger partial charge < -0.3 is 11.5 Å². The summed E-state index contributed by atoms with van der Waals surface area (Å²) in [5.41, 5.74) is 13.0. The first-order chi connectivity index (χ1) is 7.45.